The first-order valence-electron chi connectivity index (χ1n) is 6.54. The number of carbonyl (C=O) groups excluding carboxylic acids is 1. The Morgan fingerprint density at radius 1 is 1.15 bits per heavy atom. The van der Waals surface area contributed by atoms with Gasteiger partial charge in [0.05, 0.1) is 5.56 Å². The summed E-state index contributed by atoms with van der Waals surface area (Å²) in [6.07, 6.45) is 1.72. The minimum Gasteiger partial charge on any atom is -0.339 e. The van der Waals surface area contributed by atoms with E-state index in [0.717, 1.165) is 9.92 Å². The van der Waals surface area contributed by atoms with Gasteiger partial charge in [0.1, 0.15) is 5.03 Å². The number of rotatable bonds is 4. The van der Waals surface area contributed by atoms with Crippen molar-refractivity contribution in [3.63, 3.8) is 0 Å². The van der Waals surface area contributed by atoms with Crippen molar-refractivity contribution in [2.75, 3.05) is 7.05 Å². The number of amides is 1. The molecule has 4 heteroatoms. The van der Waals surface area contributed by atoms with E-state index in [9.17, 15) is 4.79 Å². The summed E-state index contributed by atoms with van der Waals surface area (Å²) < 4.78 is 0. The number of pyridine rings is 1. The van der Waals surface area contributed by atoms with Crippen molar-refractivity contribution in [3.8, 4) is 0 Å². The Kier molecular flexibility index (Phi) is 4.79. The van der Waals surface area contributed by atoms with Gasteiger partial charge in [-0.25, -0.2) is 4.98 Å². The molecule has 2 rings (SSSR count). The molecule has 0 saturated carbocycles. The van der Waals surface area contributed by atoms with Crippen molar-refractivity contribution >= 4 is 17.7 Å². The van der Waals surface area contributed by atoms with Crippen LogP contribution in [0.25, 0.3) is 0 Å². The average Bonchev–Trinajstić information content (AvgIpc) is 2.47. The molecule has 3 nitrogen and oxygen atoms in total. The lowest BCUT2D eigenvalue weighted by atomic mass is 10.2. The average molecular weight is 286 g/mol. The van der Waals surface area contributed by atoms with Crippen LogP contribution in [0.15, 0.2) is 58.6 Å². The van der Waals surface area contributed by atoms with Crippen LogP contribution in [0.3, 0.4) is 0 Å². The van der Waals surface area contributed by atoms with Gasteiger partial charge in [-0.2, -0.15) is 0 Å². The Bertz CT molecular complexity index is 584. The largest absolute Gasteiger partial charge is 0.339 e. The first-order chi connectivity index (χ1) is 9.59. The third-order valence-electron chi connectivity index (χ3n) is 3.05. The molecule has 0 aliphatic heterocycles. The molecule has 0 saturated heterocycles. The van der Waals surface area contributed by atoms with E-state index in [2.05, 4.69) is 4.98 Å². The molecule has 0 aliphatic rings. The predicted molar refractivity (Wildman–Crippen MR) is 82.0 cm³/mol. The molecular formula is C16H18N2OS. The maximum Gasteiger partial charge on any atom is 0.256 e. The van der Waals surface area contributed by atoms with Gasteiger partial charge in [-0.15, -0.1) is 0 Å². The van der Waals surface area contributed by atoms with Gasteiger partial charge in [-0.05, 0) is 38.1 Å². The van der Waals surface area contributed by atoms with Crippen LogP contribution in [0.4, 0.5) is 0 Å². The van der Waals surface area contributed by atoms with E-state index in [1.165, 1.54) is 11.8 Å². The zero-order valence-electron chi connectivity index (χ0n) is 11.9. The Morgan fingerprint density at radius 3 is 2.50 bits per heavy atom. The molecule has 0 aliphatic carbocycles. The molecule has 0 radical (unpaired) electrons. The van der Waals surface area contributed by atoms with Crippen LogP contribution < -0.4 is 0 Å². The normalized spacial score (nSPS) is 10.6. The van der Waals surface area contributed by atoms with Gasteiger partial charge in [0.15, 0.2) is 0 Å². The fraction of sp³-hybridized carbons (Fsp3) is 0.250. The number of aromatic nitrogens is 1. The second-order valence-corrected chi connectivity index (χ2v) is 5.84. The van der Waals surface area contributed by atoms with E-state index in [1.807, 2.05) is 57.3 Å². The summed E-state index contributed by atoms with van der Waals surface area (Å²) >= 11 is 1.51. The molecule has 20 heavy (non-hydrogen) atoms. The highest BCUT2D eigenvalue weighted by molar-refractivity contribution is 7.99. The maximum absolute atomic E-state index is 12.5. The summed E-state index contributed by atoms with van der Waals surface area (Å²) in [5.74, 6) is 0.00605. The standard InChI is InChI=1S/C16H18N2OS/c1-12(2)18(3)16(19)14-10-7-11-17-15(14)20-13-8-5-4-6-9-13/h4-12H,1-3H3. The Hall–Kier alpha value is -1.81. The van der Waals surface area contributed by atoms with Gasteiger partial charge < -0.3 is 4.90 Å². The zero-order valence-corrected chi connectivity index (χ0v) is 12.7. The van der Waals surface area contributed by atoms with E-state index in [4.69, 9.17) is 0 Å². The van der Waals surface area contributed by atoms with Gasteiger partial charge >= 0.3 is 0 Å². The molecule has 104 valence electrons. The molecule has 0 spiro atoms. The van der Waals surface area contributed by atoms with Gasteiger partial charge in [-0.3, -0.25) is 4.79 Å². The molecule has 0 atom stereocenters. The predicted octanol–water partition coefficient (Wildman–Crippen LogP) is 3.71. The van der Waals surface area contributed by atoms with Crippen LogP contribution >= 0.6 is 11.8 Å². The van der Waals surface area contributed by atoms with E-state index in [-0.39, 0.29) is 11.9 Å². The van der Waals surface area contributed by atoms with Crippen molar-refractivity contribution in [2.24, 2.45) is 0 Å². The number of nitrogens with zero attached hydrogens (tertiary/aromatic N) is 2. The van der Waals surface area contributed by atoms with Crippen LogP contribution in [0.1, 0.15) is 24.2 Å². The third kappa shape index (κ3) is 3.39. The number of hydrogen-bond donors (Lipinski definition) is 0. The summed E-state index contributed by atoms with van der Waals surface area (Å²) in [6.45, 7) is 4.00. The smallest absolute Gasteiger partial charge is 0.256 e. The molecule has 1 aromatic heterocycles. The Balaban J connectivity index is 2.29. The van der Waals surface area contributed by atoms with Crippen LogP contribution in [-0.2, 0) is 0 Å². The molecule has 0 N–H and O–H groups in total. The fourth-order valence-corrected chi connectivity index (χ4v) is 2.55. The van der Waals surface area contributed by atoms with Gasteiger partial charge in [-0.1, -0.05) is 30.0 Å². The maximum atomic E-state index is 12.5. The molecule has 0 unspecified atom stereocenters. The highest BCUT2D eigenvalue weighted by atomic mass is 32.2. The summed E-state index contributed by atoms with van der Waals surface area (Å²) in [4.78, 5) is 19.6. The van der Waals surface area contributed by atoms with Crippen LogP contribution in [0.5, 0.6) is 0 Å². The lowest BCUT2D eigenvalue weighted by Gasteiger charge is -2.22. The number of benzene rings is 1. The highest BCUT2D eigenvalue weighted by Crippen LogP contribution is 2.29. The van der Waals surface area contributed by atoms with Crippen molar-refractivity contribution in [1.82, 2.24) is 9.88 Å². The summed E-state index contributed by atoms with van der Waals surface area (Å²) in [7, 11) is 1.82. The topological polar surface area (TPSA) is 33.2 Å². The second kappa shape index (κ2) is 6.57. The first-order valence-corrected chi connectivity index (χ1v) is 7.36. The molecule has 1 amide bonds. The SMILES string of the molecule is CC(C)N(C)C(=O)c1cccnc1Sc1ccccc1. The van der Waals surface area contributed by atoms with Gasteiger partial charge in [0, 0.05) is 24.2 Å². The number of carbonyl (C=O) groups is 1. The number of hydrogen-bond acceptors (Lipinski definition) is 3. The quantitative estimate of drug-likeness (QED) is 0.859. The van der Waals surface area contributed by atoms with E-state index < -0.39 is 0 Å². The molecule has 0 fully saturated rings. The second-order valence-electron chi connectivity index (χ2n) is 4.78. The van der Waals surface area contributed by atoms with Crippen LogP contribution in [0.2, 0.25) is 0 Å². The lowest BCUT2D eigenvalue weighted by Crippen LogP contribution is -2.33. The van der Waals surface area contributed by atoms with E-state index in [0.29, 0.717) is 5.56 Å². The summed E-state index contributed by atoms with van der Waals surface area (Å²) in [5.41, 5.74) is 0.651. The Morgan fingerprint density at radius 2 is 1.85 bits per heavy atom. The van der Waals surface area contributed by atoms with E-state index >= 15 is 0 Å². The molecule has 1 heterocycles. The molecular weight excluding hydrogens is 268 g/mol. The first kappa shape index (κ1) is 14.6. The molecule has 0 bridgehead atoms. The van der Waals surface area contributed by atoms with Gasteiger partial charge in [0.2, 0.25) is 0 Å². The minimum atomic E-state index is 0.00605. The Labute approximate surface area is 124 Å². The van der Waals surface area contributed by atoms with Crippen LogP contribution in [0, 0.1) is 0 Å². The van der Waals surface area contributed by atoms with E-state index in [1.54, 1.807) is 17.2 Å². The highest BCUT2D eigenvalue weighted by Gasteiger charge is 2.18. The third-order valence-corrected chi connectivity index (χ3v) is 4.08. The van der Waals surface area contributed by atoms with Gasteiger partial charge in [0.25, 0.3) is 5.91 Å². The summed E-state index contributed by atoms with van der Waals surface area (Å²) in [6, 6.07) is 13.8. The minimum absolute atomic E-state index is 0.00605. The molecule has 2 aromatic rings. The van der Waals surface area contributed by atoms with Crippen molar-refractivity contribution in [2.45, 2.75) is 29.8 Å². The van der Waals surface area contributed by atoms with Crippen molar-refractivity contribution in [1.29, 1.82) is 0 Å². The molecule has 1 aromatic carbocycles. The fourth-order valence-electron chi connectivity index (χ4n) is 1.66. The van der Waals surface area contributed by atoms with Crippen molar-refractivity contribution in [3.05, 3.63) is 54.2 Å². The monoisotopic (exact) mass is 286 g/mol. The zero-order chi connectivity index (χ0) is 14.5. The lowest BCUT2D eigenvalue weighted by molar-refractivity contribution is 0.0750. The van der Waals surface area contributed by atoms with Crippen LogP contribution in [-0.4, -0.2) is 28.9 Å². The summed E-state index contributed by atoms with van der Waals surface area (Å²) in [5, 5.41) is 0.746. The van der Waals surface area contributed by atoms with Crippen molar-refractivity contribution < 1.29 is 4.79 Å².